The third-order valence-corrected chi connectivity index (χ3v) is 9.88. The van der Waals surface area contributed by atoms with Crippen molar-refractivity contribution < 1.29 is 9.90 Å². The fourth-order valence-corrected chi connectivity index (χ4v) is 8.72. The van der Waals surface area contributed by atoms with Gasteiger partial charge in [-0.3, -0.25) is 4.79 Å². The number of aliphatic hydroxyl groups is 1. The van der Waals surface area contributed by atoms with E-state index >= 15 is 0 Å². The molecule has 0 amide bonds. The zero-order chi connectivity index (χ0) is 16.5. The number of carbonyl (C=O) groups excluding carboxylic acids is 1. The van der Waals surface area contributed by atoms with Crippen molar-refractivity contribution in [3.8, 4) is 0 Å². The van der Waals surface area contributed by atoms with Crippen molar-refractivity contribution in [2.45, 2.75) is 90.1 Å². The standard InChI is InChI=1S/C22H34O2/c1-21-9-6-16(23)12-14(21)2-4-18-19(21)8-11-22-10-7-17(24)13-15(22)3-5-20(18)22/h14-16,18-20,23H,2-13H2,1H3/t14-,15+,16+,18+,19-,20-,21-,22+/m0/s1. The molecule has 0 unspecified atom stereocenters. The van der Waals surface area contributed by atoms with Crippen molar-refractivity contribution in [3.63, 3.8) is 0 Å². The molecule has 5 rings (SSSR count). The molecule has 0 aliphatic heterocycles. The summed E-state index contributed by atoms with van der Waals surface area (Å²) in [5.41, 5.74) is 1.04. The summed E-state index contributed by atoms with van der Waals surface area (Å²) in [5, 5.41) is 10.2. The van der Waals surface area contributed by atoms with Crippen LogP contribution in [0.2, 0.25) is 0 Å². The van der Waals surface area contributed by atoms with Gasteiger partial charge in [0.05, 0.1) is 6.10 Å². The molecule has 1 spiro atoms. The van der Waals surface area contributed by atoms with Crippen LogP contribution in [0.3, 0.4) is 0 Å². The van der Waals surface area contributed by atoms with Crippen LogP contribution in [0, 0.1) is 40.4 Å². The van der Waals surface area contributed by atoms with Gasteiger partial charge in [0, 0.05) is 12.8 Å². The number of aliphatic hydroxyl groups excluding tert-OH is 1. The van der Waals surface area contributed by atoms with E-state index in [1.165, 1.54) is 51.4 Å². The average Bonchev–Trinajstić information content (AvgIpc) is 2.94. The van der Waals surface area contributed by atoms with Gasteiger partial charge in [-0.05, 0) is 105 Å². The molecule has 5 fully saturated rings. The Kier molecular flexibility index (Phi) is 3.51. The Morgan fingerprint density at radius 2 is 1.75 bits per heavy atom. The third kappa shape index (κ3) is 2.01. The number of hydrogen-bond donors (Lipinski definition) is 1. The Labute approximate surface area is 146 Å². The summed E-state index contributed by atoms with van der Waals surface area (Å²) in [5.74, 6) is 4.78. The molecule has 0 radical (unpaired) electrons. The van der Waals surface area contributed by atoms with Gasteiger partial charge in [-0.15, -0.1) is 0 Å². The van der Waals surface area contributed by atoms with Crippen molar-refractivity contribution in [1.82, 2.24) is 0 Å². The summed E-state index contributed by atoms with van der Waals surface area (Å²) in [6.07, 6.45) is 14.6. The second kappa shape index (κ2) is 5.32. The second-order valence-corrected chi connectivity index (χ2v) is 10.4. The molecular weight excluding hydrogens is 296 g/mol. The summed E-state index contributed by atoms with van der Waals surface area (Å²) in [6, 6.07) is 0. The van der Waals surface area contributed by atoms with E-state index in [9.17, 15) is 9.90 Å². The van der Waals surface area contributed by atoms with E-state index in [2.05, 4.69) is 6.92 Å². The van der Waals surface area contributed by atoms with Crippen LogP contribution in [0.25, 0.3) is 0 Å². The summed E-state index contributed by atoms with van der Waals surface area (Å²) >= 11 is 0. The first-order chi connectivity index (χ1) is 11.5. The highest BCUT2D eigenvalue weighted by Crippen LogP contribution is 2.69. The minimum Gasteiger partial charge on any atom is -0.393 e. The van der Waals surface area contributed by atoms with Crippen LogP contribution in [0.5, 0.6) is 0 Å². The molecule has 2 nitrogen and oxygen atoms in total. The van der Waals surface area contributed by atoms with Crippen molar-refractivity contribution >= 4 is 5.78 Å². The van der Waals surface area contributed by atoms with Gasteiger partial charge < -0.3 is 5.11 Å². The summed E-state index contributed by atoms with van der Waals surface area (Å²) < 4.78 is 0. The molecule has 24 heavy (non-hydrogen) atoms. The largest absolute Gasteiger partial charge is 0.393 e. The van der Waals surface area contributed by atoms with Crippen LogP contribution in [-0.4, -0.2) is 17.0 Å². The minimum atomic E-state index is -0.0326. The normalized spacial score (nSPS) is 56.8. The van der Waals surface area contributed by atoms with Gasteiger partial charge in [-0.2, -0.15) is 0 Å². The molecule has 0 heterocycles. The third-order valence-electron chi connectivity index (χ3n) is 9.88. The second-order valence-electron chi connectivity index (χ2n) is 10.4. The molecule has 0 bridgehead atoms. The van der Waals surface area contributed by atoms with E-state index in [1.54, 1.807) is 0 Å². The van der Waals surface area contributed by atoms with Crippen LogP contribution < -0.4 is 0 Å². The number of fused-ring (bicyclic) bond motifs is 4. The number of ketones is 1. The predicted octanol–water partition coefficient (Wildman–Crippen LogP) is 4.74. The monoisotopic (exact) mass is 330 g/mol. The van der Waals surface area contributed by atoms with E-state index in [-0.39, 0.29) is 6.10 Å². The lowest BCUT2D eigenvalue weighted by atomic mass is 9.43. The smallest absolute Gasteiger partial charge is 0.133 e. The number of hydrogen-bond acceptors (Lipinski definition) is 2. The van der Waals surface area contributed by atoms with E-state index < -0.39 is 0 Å². The molecule has 134 valence electrons. The molecule has 1 N–H and O–H groups in total. The van der Waals surface area contributed by atoms with Crippen molar-refractivity contribution in [3.05, 3.63) is 0 Å². The maximum absolute atomic E-state index is 12.0. The molecule has 8 atom stereocenters. The molecule has 5 aliphatic rings. The Balaban J connectivity index is 1.44. The van der Waals surface area contributed by atoms with Gasteiger partial charge in [0.1, 0.15) is 5.78 Å². The number of Topliss-reactive ketones (excluding diaryl/α,β-unsaturated/α-hetero) is 1. The van der Waals surface area contributed by atoms with Gasteiger partial charge >= 0.3 is 0 Å². The van der Waals surface area contributed by atoms with Crippen LogP contribution >= 0.6 is 0 Å². The quantitative estimate of drug-likeness (QED) is 0.696. The Bertz CT molecular complexity index is 542. The topological polar surface area (TPSA) is 37.3 Å². The van der Waals surface area contributed by atoms with E-state index in [0.29, 0.717) is 16.6 Å². The molecule has 5 saturated carbocycles. The van der Waals surface area contributed by atoms with Crippen LogP contribution in [0.1, 0.15) is 84.0 Å². The molecule has 0 saturated heterocycles. The highest BCUT2D eigenvalue weighted by atomic mass is 16.3. The van der Waals surface area contributed by atoms with Gasteiger partial charge in [-0.25, -0.2) is 0 Å². The van der Waals surface area contributed by atoms with E-state index in [1.807, 2.05) is 0 Å². The first kappa shape index (κ1) is 15.9. The van der Waals surface area contributed by atoms with Crippen LogP contribution in [0.4, 0.5) is 0 Å². The lowest BCUT2D eigenvalue weighted by Gasteiger charge is -2.62. The molecule has 0 aromatic rings. The Morgan fingerprint density at radius 3 is 2.62 bits per heavy atom. The number of carbonyl (C=O) groups is 1. The van der Waals surface area contributed by atoms with E-state index in [0.717, 1.165) is 55.3 Å². The fourth-order valence-electron chi connectivity index (χ4n) is 8.72. The molecular formula is C22H34O2. The fraction of sp³-hybridized carbons (Fsp3) is 0.955. The van der Waals surface area contributed by atoms with Gasteiger partial charge in [0.2, 0.25) is 0 Å². The zero-order valence-electron chi connectivity index (χ0n) is 15.3. The van der Waals surface area contributed by atoms with Crippen LogP contribution in [0.15, 0.2) is 0 Å². The van der Waals surface area contributed by atoms with Gasteiger partial charge in [0.15, 0.2) is 0 Å². The summed E-state index contributed by atoms with van der Waals surface area (Å²) in [7, 11) is 0. The Morgan fingerprint density at radius 1 is 0.917 bits per heavy atom. The molecule has 5 aliphatic carbocycles. The number of rotatable bonds is 0. The average molecular weight is 331 g/mol. The van der Waals surface area contributed by atoms with Gasteiger partial charge in [0.25, 0.3) is 0 Å². The lowest BCUT2D eigenvalue weighted by molar-refractivity contribution is -0.144. The highest BCUT2D eigenvalue weighted by Gasteiger charge is 2.62. The van der Waals surface area contributed by atoms with Gasteiger partial charge in [-0.1, -0.05) is 6.92 Å². The van der Waals surface area contributed by atoms with Crippen molar-refractivity contribution in [1.29, 1.82) is 0 Å². The SMILES string of the molecule is C[C@]12CC[C@@H](O)C[C@@H]1CC[C@@H]1[C@@H]2CC[C@]23CCC(=O)C[C@H]2CC[C@@H]13. The lowest BCUT2D eigenvalue weighted by Crippen LogP contribution is -2.55. The zero-order valence-corrected chi connectivity index (χ0v) is 15.3. The minimum absolute atomic E-state index is 0.0326. The molecule has 0 aromatic carbocycles. The summed E-state index contributed by atoms with van der Waals surface area (Å²) in [6.45, 7) is 2.58. The van der Waals surface area contributed by atoms with Crippen molar-refractivity contribution in [2.75, 3.05) is 0 Å². The van der Waals surface area contributed by atoms with E-state index in [4.69, 9.17) is 0 Å². The van der Waals surface area contributed by atoms with Crippen molar-refractivity contribution in [2.24, 2.45) is 40.4 Å². The van der Waals surface area contributed by atoms with Crippen LogP contribution in [-0.2, 0) is 4.79 Å². The summed E-state index contributed by atoms with van der Waals surface area (Å²) in [4.78, 5) is 12.0. The first-order valence-corrected chi connectivity index (χ1v) is 10.7. The first-order valence-electron chi connectivity index (χ1n) is 10.7. The molecule has 2 heteroatoms. The highest BCUT2D eigenvalue weighted by molar-refractivity contribution is 5.79. The maximum atomic E-state index is 12.0. The molecule has 0 aromatic heterocycles. The maximum Gasteiger partial charge on any atom is 0.133 e. The predicted molar refractivity (Wildman–Crippen MR) is 94.4 cm³/mol. The Hall–Kier alpha value is -0.370.